The van der Waals surface area contributed by atoms with Crippen molar-refractivity contribution in [1.82, 2.24) is 5.32 Å². The number of nitrogens with one attached hydrogen (secondary N) is 1. The minimum Gasteiger partial charge on any atom is -0.361 e. The van der Waals surface area contributed by atoms with Crippen LogP contribution in [0.25, 0.3) is 0 Å². The zero-order valence-corrected chi connectivity index (χ0v) is 6.49. The van der Waals surface area contributed by atoms with E-state index in [0.29, 0.717) is 4.91 Å². The Morgan fingerprint density at radius 1 is 1.67 bits per heavy atom. The highest BCUT2D eigenvalue weighted by Crippen LogP contribution is 2.20. The summed E-state index contributed by atoms with van der Waals surface area (Å²) < 4.78 is 0. The molecule has 1 unspecified atom stereocenters. The number of hydrogen-bond donors (Lipinski definition) is 4. The number of dihydropyridines is 1. The summed E-state index contributed by atoms with van der Waals surface area (Å²) in [4.78, 5) is -0.0639. The van der Waals surface area contributed by atoms with E-state index in [1.807, 2.05) is 6.08 Å². The molecule has 1 aliphatic heterocycles. The highest BCUT2D eigenvalue weighted by molar-refractivity contribution is 7.88. The van der Waals surface area contributed by atoms with Crippen LogP contribution in [-0.4, -0.2) is 4.99 Å². The standard InChI is InChI=1S/C5H8N2S2/c6-5(9)4(8)2-1-3-7-5/h1-3,7-9H,6H2. The SMILES string of the molecule is NC1(S)NC=CC=C1S. The summed E-state index contributed by atoms with van der Waals surface area (Å²) in [7, 11) is 0. The Bertz CT molecular complexity index is 172. The molecule has 1 aliphatic rings. The normalized spacial score (nSPS) is 33.4. The van der Waals surface area contributed by atoms with Gasteiger partial charge in [-0.15, -0.1) is 25.3 Å². The van der Waals surface area contributed by atoms with Crippen LogP contribution in [0.15, 0.2) is 23.3 Å². The first-order chi connectivity index (χ1) is 4.13. The molecule has 1 rings (SSSR count). The highest BCUT2D eigenvalue weighted by atomic mass is 32.1. The van der Waals surface area contributed by atoms with Crippen LogP contribution in [0, 0.1) is 0 Å². The van der Waals surface area contributed by atoms with Gasteiger partial charge < -0.3 is 5.32 Å². The molecule has 0 amide bonds. The lowest BCUT2D eigenvalue weighted by atomic mass is 10.3. The van der Waals surface area contributed by atoms with E-state index in [0.717, 1.165) is 0 Å². The van der Waals surface area contributed by atoms with Gasteiger partial charge in [0.15, 0.2) is 4.99 Å². The van der Waals surface area contributed by atoms with E-state index in [4.69, 9.17) is 5.73 Å². The summed E-state index contributed by atoms with van der Waals surface area (Å²) in [6, 6.07) is 0. The Labute approximate surface area is 65.0 Å². The second kappa shape index (κ2) is 2.28. The summed E-state index contributed by atoms with van der Waals surface area (Å²) in [6.45, 7) is 0. The summed E-state index contributed by atoms with van der Waals surface area (Å²) in [5.41, 5.74) is 5.58. The minimum atomic E-state index is -0.780. The van der Waals surface area contributed by atoms with Crippen LogP contribution >= 0.6 is 25.3 Å². The van der Waals surface area contributed by atoms with Gasteiger partial charge in [0.2, 0.25) is 0 Å². The molecule has 0 saturated carbocycles. The number of thiol groups is 2. The van der Waals surface area contributed by atoms with Crippen molar-refractivity contribution in [3.8, 4) is 0 Å². The molecule has 3 N–H and O–H groups in total. The molecule has 0 saturated heterocycles. The molecular formula is C5H8N2S2. The predicted octanol–water partition coefficient (Wildman–Crippen LogP) is 0.459. The zero-order chi connectivity index (χ0) is 6.91. The molecule has 50 valence electrons. The molecule has 0 radical (unpaired) electrons. The van der Waals surface area contributed by atoms with Gasteiger partial charge in [-0.3, -0.25) is 5.73 Å². The van der Waals surface area contributed by atoms with Gasteiger partial charge in [-0.25, -0.2) is 0 Å². The first kappa shape index (κ1) is 7.05. The van der Waals surface area contributed by atoms with Gasteiger partial charge in [-0.2, -0.15) is 0 Å². The first-order valence-electron chi connectivity index (χ1n) is 2.48. The molecule has 0 spiro atoms. The summed E-state index contributed by atoms with van der Waals surface area (Å²) in [6.07, 6.45) is 5.35. The van der Waals surface area contributed by atoms with Gasteiger partial charge in [0.1, 0.15) is 0 Å². The Morgan fingerprint density at radius 2 is 2.33 bits per heavy atom. The third kappa shape index (κ3) is 1.44. The number of nitrogens with two attached hydrogens (primary N) is 1. The zero-order valence-electron chi connectivity index (χ0n) is 4.70. The molecule has 2 nitrogen and oxygen atoms in total. The quantitative estimate of drug-likeness (QED) is 0.307. The molecule has 0 fully saturated rings. The maximum atomic E-state index is 5.58. The van der Waals surface area contributed by atoms with Crippen molar-refractivity contribution in [2.45, 2.75) is 4.99 Å². The summed E-state index contributed by atoms with van der Waals surface area (Å²) in [5.74, 6) is 0. The van der Waals surface area contributed by atoms with Crippen LogP contribution < -0.4 is 11.1 Å². The van der Waals surface area contributed by atoms with Crippen molar-refractivity contribution in [2.24, 2.45) is 5.73 Å². The molecule has 9 heavy (non-hydrogen) atoms. The van der Waals surface area contributed by atoms with Gasteiger partial charge in [0, 0.05) is 4.91 Å². The largest absolute Gasteiger partial charge is 0.361 e. The van der Waals surface area contributed by atoms with Crippen molar-refractivity contribution in [1.29, 1.82) is 0 Å². The van der Waals surface area contributed by atoms with E-state index < -0.39 is 4.99 Å². The second-order valence-corrected chi connectivity index (χ2v) is 3.01. The lowest BCUT2D eigenvalue weighted by molar-refractivity contribution is 0.663. The fourth-order valence-electron chi connectivity index (χ4n) is 0.515. The molecule has 4 heteroatoms. The van der Waals surface area contributed by atoms with E-state index in [-0.39, 0.29) is 0 Å². The summed E-state index contributed by atoms with van der Waals surface area (Å²) >= 11 is 8.17. The van der Waals surface area contributed by atoms with E-state index in [9.17, 15) is 0 Å². The van der Waals surface area contributed by atoms with Crippen molar-refractivity contribution in [2.75, 3.05) is 0 Å². The van der Waals surface area contributed by atoms with Gasteiger partial charge in [0.05, 0.1) is 0 Å². The number of hydrogen-bond acceptors (Lipinski definition) is 4. The molecule has 1 atom stereocenters. The highest BCUT2D eigenvalue weighted by Gasteiger charge is 2.21. The van der Waals surface area contributed by atoms with Crippen LogP contribution in [-0.2, 0) is 0 Å². The molecule has 1 heterocycles. The van der Waals surface area contributed by atoms with Crippen LogP contribution in [0.2, 0.25) is 0 Å². The van der Waals surface area contributed by atoms with Gasteiger partial charge in [-0.05, 0) is 18.4 Å². The Kier molecular flexibility index (Phi) is 1.79. The van der Waals surface area contributed by atoms with Crippen LogP contribution in [0.5, 0.6) is 0 Å². The smallest absolute Gasteiger partial charge is 0.163 e. The number of allylic oxidation sites excluding steroid dienone is 2. The molecule has 0 aromatic carbocycles. The second-order valence-electron chi connectivity index (χ2n) is 1.82. The van der Waals surface area contributed by atoms with Gasteiger partial charge in [0.25, 0.3) is 0 Å². The van der Waals surface area contributed by atoms with Crippen LogP contribution in [0.1, 0.15) is 0 Å². The van der Waals surface area contributed by atoms with Crippen molar-refractivity contribution in [3.63, 3.8) is 0 Å². The van der Waals surface area contributed by atoms with Crippen LogP contribution in [0.4, 0.5) is 0 Å². The minimum absolute atomic E-state index is 0.716. The lowest BCUT2D eigenvalue weighted by Crippen LogP contribution is -2.47. The Hall–Kier alpha value is -0.0600. The van der Waals surface area contributed by atoms with E-state index in [2.05, 4.69) is 30.6 Å². The lowest BCUT2D eigenvalue weighted by Gasteiger charge is -2.26. The van der Waals surface area contributed by atoms with Crippen molar-refractivity contribution in [3.05, 3.63) is 23.3 Å². The van der Waals surface area contributed by atoms with Gasteiger partial charge in [-0.1, -0.05) is 0 Å². The van der Waals surface area contributed by atoms with E-state index in [1.54, 1.807) is 12.3 Å². The average Bonchev–Trinajstić information content (AvgIpc) is 1.77. The Balaban J connectivity index is 2.83. The Morgan fingerprint density at radius 3 is 2.67 bits per heavy atom. The maximum Gasteiger partial charge on any atom is 0.163 e. The molecule has 0 aromatic rings. The number of rotatable bonds is 0. The molecule has 0 bridgehead atoms. The monoisotopic (exact) mass is 160 g/mol. The first-order valence-corrected chi connectivity index (χ1v) is 3.37. The van der Waals surface area contributed by atoms with E-state index >= 15 is 0 Å². The maximum absolute atomic E-state index is 5.58. The van der Waals surface area contributed by atoms with Crippen molar-refractivity contribution >= 4 is 25.3 Å². The topological polar surface area (TPSA) is 38.0 Å². The third-order valence-electron chi connectivity index (χ3n) is 1.04. The van der Waals surface area contributed by atoms with Crippen LogP contribution in [0.3, 0.4) is 0 Å². The van der Waals surface area contributed by atoms with Gasteiger partial charge >= 0.3 is 0 Å². The van der Waals surface area contributed by atoms with Crippen molar-refractivity contribution < 1.29 is 0 Å². The fraction of sp³-hybridized carbons (Fsp3) is 0.200. The molecular weight excluding hydrogens is 152 g/mol. The molecule has 0 aliphatic carbocycles. The summed E-state index contributed by atoms with van der Waals surface area (Å²) in [5, 5.41) is 2.82. The average molecular weight is 160 g/mol. The predicted molar refractivity (Wildman–Crippen MR) is 45.2 cm³/mol. The fourth-order valence-corrected chi connectivity index (χ4v) is 0.815. The molecule has 0 aromatic heterocycles. The third-order valence-corrected chi connectivity index (χ3v) is 2.09. The van der Waals surface area contributed by atoms with E-state index in [1.165, 1.54) is 0 Å².